The van der Waals surface area contributed by atoms with Gasteiger partial charge < -0.3 is 19.7 Å². The molecule has 0 unspecified atom stereocenters. The van der Waals surface area contributed by atoms with Crippen LogP contribution in [-0.2, 0) is 16.1 Å². The fourth-order valence-corrected chi connectivity index (χ4v) is 4.46. The Morgan fingerprint density at radius 1 is 1.03 bits per heavy atom. The maximum atomic E-state index is 13.5. The molecule has 2 amide bonds. The summed E-state index contributed by atoms with van der Waals surface area (Å²) in [6.07, 6.45) is 0.476. The second-order valence-corrected chi connectivity index (χ2v) is 10.2. The van der Waals surface area contributed by atoms with Crippen LogP contribution in [0.15, 0.2) is 65.1 Å². The van der Waals surface area contributed by atoms with Crippen LogP contribution in [0.4, 0.5) is 0 Å². The summed E-state index contributed by atoms with van der Waals surface area (Å²) in [5, 5.41) is 5.09. The van der Waals surface area contributed by atoms with E-state index in [1.807, 2.05) is 88.4 Å². The summed E-state index contributed by atoms with van der Waals surface area (Å²) in [5.41, 5.74) is 0.485. The molecule has 3 aromatic carbocycles. The Kier molecular flexibility index (Phi) is 8.78. The molecule has 1 atom stereocenters. The van der Waals surface area contributed by atoms with E-state index in [-0.39, 0.29) is 25.0 Å². The van der Waals surface area contributed by atoms with Gasteiger partial charge in [-0.1, -0.05) is 49.4 Å². The summed E-state index contributed by atoms with van der Waals surface area (Å²) in [6, 6.07) is 18.6. The highest BCUT2D eigenvalue weighted by Gasteiger charge is 2.31. The third-order valence-electron chi connectivity index (χ3n) is 5.58. The minimum Gasteiger partial charge on any atom is -0.497 e. The summed E-state index contributed by atoms with van der Waals surface area (Å²) >= 11 is 3.61. The van der Waals surface area contributed by atoms with Crippen molar-refractivity contribution in [3.63, 3.8) is 0 Å². The molecule has 0 bridgehead atoms. The van der Waals surface area contributed by atoms with Gasteiger partial charge in [-0.3, -0.25) is 9.59 Å². The molecule has 0 radical (unpaired) electrons. The number of rotatable bonds is 9. The SMILES string of the molecule is CC[C@@H](C(=O)NC(C)(C)C)N(Cc1ccc(OC)cc1)C(=O)COc1ccc2ccccc2c1Br. The zero-order chi connectivity index (χ0) is 25.6. The van der Waals surface area contributed by atoms with Crippen molar-refractivity contribution in [2.45, 2.75) is 52.2 Å². The van der Waals surface area contributed by atoms with E-state index in [1.54, 1.807) is 12.0 Å². The maximum Gasteiger partial charge on any atom is 0.261 e. The van der Waals surface area contributed by atoms with Crippen LogP contribution >= 0.6 is 15.9 Å². The molecule has 0 aromatic heterocycles. The molecule has 6 nitrogen and oxygen atoms in total. The van der Waals surface area contributed by atoms with Gasteiger partial charge in [0.05, 0.1) is 11.6 Å². The Morgan fingerprint density at radius 2 is 1.71 bits per heavy atom. The smallest absolute Gasteiger partial charge is 0.261 e. The summed E-state index contributed by atoms with van der Waals surface area (Å²) in [5.74, 6) is 0.854. The van der Waals surface area contributed by atoms with Crippen molar-refractivity contribution in [3.05, 3.63) is 70.7 Å². The first-order valence-corrected chi connectivity index (χ1v) is 12.5. The molecular formula is C28H33BrN2O4. The summed E-state index contributed by atoms with van der Waals surface area (Å²) < 4.78 is 12.0. The van der Waals surface area contributed by atoms with Crippen molar-refractivity contribution < 1.29 is 19.1 Å². The number of hydrogen-bond acceptors (Lipinski definition) is 4. The van der Waals surface area contributed by atoms with E-state index in [0.29, 0.717) is 12.2 Å². The first-order valence-electron chi connectivity index (χ1n) is 11.7. The number of carbonyl (C=O) groups excluding carboxylic acids is 2. The van der Waals surface area contributed by atoms with Crippen LogP contribution in [0.1, 0.15) is 39.7 Å². The lowest BCUT2D eigenvalue weighted by molar-refractivity contribution is -0.143. The highest BCUT2D eigenvalue weighted by atomic mass is 79.9. The predicted octanol–water partition coefficient (Wildman–Crippen LogP) is 5.71. The van der Waals surface area contributed by atoms with E-state index in [2.05, 4.69) is 21.2 Å². The Hall–Kier alpha value is -3.06. The van der Waals surface area contributed by atoms with Gasteiger partial charge in [0.2, 0.25) is 5.91 Å². The topological polar surface area (TPSA) is 67.9 Å². The van der Waals surface area contributed by atoms with Crippen molar-refractivity contribution in [1.82, 2.24) is 10.2 Å². The van der Waals surface area contributed by atoms with Gasteiger partial charge >= 0.3 is 0 Å². The van der Waals surface area contributed by atoms with E-state index in [9.17, 15) is 9.59 Å². The van der Waals surface area contributed by atoms with Crippen molar-refractivity contribution in [2.24, 2.45) is 0 Å². The van der Waals surface area contributed by atoms with Gasteiger partial charge in [0.25, 0.3) is 5.91 Å². The van der Waals surface area contributed by atoms with Crippen LogP contribution in [0.3, 0.4) is 0 Å². The third kappa shape index (κ3) is 6.98. The first kappa shape index (κ1) is 26.5. The van der Waals surface area contributed by atoms with Crippen molar-refractivity contribution in [3.8, 4) is 11.5 Å². The summed E-state index contributed by atoms with van der Waals surface area (Å²) in [6.45, 7) is 7.77. The largest absolute Gasteiger partial charge is 0.497 e. The Bertz CT molecular complexity index is 1170. The molecular weight excluding hydrogens is 508 g/mol. The van der Waals surface area contributed by atoms with E-state index in [4.69, 9.17) is 9.47 Å². The number of hydrogen-bond donors (Lipinski definition) is 1. The van der Waals surface area contributed by atoms with Gasteiger partial charge in [-0.2, -0.15) is 0 Å². The molecule has 0 aliphatic rings. The summed E-state index contributed by atoms with van der Waals surface area (Å²) in [7, 11) is 1.61. The first-order chi connectivity index (χ1) is 16.6. The van der Waals surface area contributed by atoms with Crippen molar-refractivity contribution >= 4 is 38.5 Å². The molecule has 0 saturated carbocycles. The number of ether oxygens (including phenoxy) is 2. The Balaban J connectivity index is 1.84. The molecule has 3 aromatic rings. The molecule has 0 fully saturated rings. The fourth-order valence-electron chi connectivity index (χ4n) is 3.85. The average Bonchev–Trinajstić information content (AvgIpc) is 2.82. The normalized spacial score (nSPS) is 12.2. The predicted molar refractivity (Wildman–Crippen MR) is 143 cm³/mol. The van der Waals surface area contributed by atoms with Crippen molar-refractivity contribution in [2.75, 3.05) is 13.7 Å². The van der Waals surface area contributed by atoms with Crippen molar-refractivity contribution in [1.29, 1.82) is 0 Å². The number of nitrogens with zero attached hydrogens (tertiary/aromatic N) is 1. The Labute approximate surface area is 215 Å². The van der Waals surface area contributed by atoms with Crippen LogP contribution in [0.25, 0.3) is 10.8 Å². The number of fused-ring (bicyclic) bond motifs is 1. The highest BCUT2D eigenvalue weighted by Crippen LogP contribution is 2.33. The summed E-state index contributed by atoms with van der Waals surface area (Å²) in [4.78, 5) is 28.2. The van der Waals surface area contributed by atoms with Gasteiger partial charge in [0.1, 0.15) is 17.5 Å². The highest BCUT2D eigenvalue weighted by molar-refractivity contribution is 9.10. The van der Waals surface area contributed by atoms with Crippen LogP contribution in [0.5, 0.6) is 11.5 Å². The molecule has 1 N–H and O–H groups in total. The van der Waals surface area contributed by atoms with Gasteiger partial charge in [-0.25, -0.2) is 0 Å². The molecule has 35 heavy (non-hydrogen) atoms. The lowest BCUT2D eigenvalue weighted by Gasteiger charge is -2.33. The number of halogens is 1. The van der Waals surface area contributed by atoms with Crippen LogP contribution < -0.4 is 14.8 Å². The quantitative estimate of drug-likeness (QED) is 0.377. The number of amides is 2. The average molecular weight is 541 g/mol. The maximum absolute atomic E-state index is 13.5. The molecule has 0 aliphatic carbocycles. The number of benzene rings is 3. The van der Waals surface area contributed by atoms with E-state index < -0.39 is 11.6 Å². The number of carbonyl (C=O) groups is 2. The molecule has 0 saturated heterocycles. The zero-order valence-corrected chi connectivity index (χ0v) is 22.5. The second kappa shape index (κ2) is 11.6. The fraction of sp³-hybridized carbons (Fsp3) is 0.357. The third-order valence-corrected chi connectivity index (χ3v) is 6.39. The lowest BCUT2D eigenvalue weighted by Crippen LogP contribution is -2.54. The van der Waals surface area contributed by atoms with Gasteiger partial charge in [-0.05, 0) is 77.7 Å². The van der Waals surface area contributed by atoms with Crippen LogP contribution in [0, 0.1) is 0 Å². The zero-order valence-electron chi connectivity index (χ0n) is 20.9. The molecule has 186 valence electrons. The minimum atomic E-state index is -0.632. The lowest BCUT2D eigenvalue weighted by atomic mass is 10.1. The van der Waals surface area contributed by atoms with Crippen LogP contribution in [0.2, 0.25) is 0 Å². The van der Waals surface area contributed by atoms with Gasteiger partial charge in [0.15, 0.2) is 6.61 Å². The van der Waals surface area contributed by atoms with Crippen LogP contribution in [-0.4, -0.2) is 42.0 Å². The standard InChI is InChI=1S/C28H33BrN2O4/c1-6-23(27(33)30-28(2,3)4)31(17-19-11-14-21(34-5)15-12-19)25(32)18-35-24-16-13-20-9-7-8-10-22(20)26(24)29/h7-16,23H,6,17-18H2,1-5H3,(H,30,33)/t23-/m0/s1. The Morgan fingerprint density at radius 3 is 2.34 bits per heavy atom. The van der Waals surface area contributed by atoms with E-state index in [0.717, 1.165) is 26.6 Å². The second-order valence-electron chi connectivity index (χ2n) is 9.42. The molecule has 0 heterocycles. The minimum absolute atomic E-state index is 0.186. The molecule has 3 rings (SSSR count). The van der Waals surface area contributed by atoms with E-state index in [1.165, 1.54) is 0 Å². The van der Waals surface area contributed by atoms with Gasteiger partial charge in [0, 0.05) is 12.1 Å². The number of nitrogens with one attached hydrogen (secondary N) is 1. The molecule has 0 aliphatic heterocycles. The number of methoxy groups -OCH3 is 1. The van der Waals surface area contributed by atoms with Gasteiger partial charge in [-0.15, -0.1) is 0 Å². The molecule has 7 heteroatoms. The van der Waals surface area contributed by atoms with E-state index >= 15 is 0 Å². The molecule has 0 spiro atoms. The monoisotopic (exact) mass is 540 g/mol.